The monoisotopic (exact) mass is 345 g/mol. The third-order valence-corrected chi connectivity index (χ3v) is 9.97. The van der Waals surface area contributed by atoms with E-state index in [-0.39, 0.29) is 5.04 Å². The van der Waals surface area contributed by atoms with Crippen molar-refractivity contribution in [3.05, 3.63) is 23.8 Å². The number of nitrogens with zero attached hydrogens (tertiary/aromatic N) is 2. The van der Waals surface area contributed by atoms with Crippen LogP contribution in [0, 0.1) is 6.92 Å². The summed E-state index contributed by atoms with van der Waals surface area (Å²) < 4.78 is 29.9. The van der Waals surface area contributed by atoms with Gasteiger partial charge in [-0.15, -0.1) is 0 Å². The third-order valence-electron chi connectivity index (χ3n) is 4.23. The van der Waals surface area contributed by atoms with Gasteiger partial charge in [-0.2, -0.15) is 0 Å². The summed E-state index contributed by atoms with van der Waals surface area (Å²) in [7, 11) is -5.97. The molecule has 0 fully saturated rings. The molecule has 6 nitrogen and oxygen atoms in total. The zero-order chi connectivity index (χ0) is 17.3. The van der Waals surface area contributed by atoms with E-state index in [9.17, 15) is 8.42 Å². The summed E-state index contributed by atoms with van der Waals surface area (Å²) in [6, 6.07) is 0. The summed E-state index contributed by atoms with van der Waals surface area (Å²) in [6.07, 6.45) is 2.54. The molecule has 0 amide bonds. The molecular formula is C14H27N3O3SSi. The molecule has 1 aromatic rings. The normalized spacial score (nSPS) is 16.4. The van der Waals surface area contributed by atoms with E-state index in [1.54, 1.807) is 12.4 Å². The lowest BCUT2D eigenvalue weighted by Crippen LogP contribution is -2.46. The van der Waals surface area contributed by atoms with E-state index in [1.807, 2.05) is 6.92 Å². The number of rotatable bonds is 5. The zero-order valence-electron chi connectivity index (χ0n) is 14.4. The molecule has 1 heterocycles. The van der Waals surface area contributed by atoms with Gasteiger partial charge in [0.1, 0.15) is 11.4 Å². The molecule has 126 valence electrons. The lowest BCUT2D eigenvalue weighted by molar-refractivity contribution is 0.172. The molecule has 0 bridgehead atoms. The quantitative estimate of drug-likeness (QED) is 0.827. The Morgan fingerprint density at radius 2 is 1.68 bits per heavy atom. The summed E-state index contributed by atoms with van der Waals surface area (Å²) >= 11 is 0. The van der Waals surface area contributed by atoms with Gasteiger partial charge in [0.05, 0.1) is 0 Å². The van der Waals surface area contributed by atoms with Gasteiger partial charge in [-0.25, -0.2) is 23.5 Å². The smallest absolute Gasteiger partial charge is 0.214 e. The van der Waals surface area contributed by atoms with Gasteiger partial charge in [0.15, 0.2) is 14.1 Å². The SMILES string of the molecule is Cc1cnc([C@H](O[Si](C)(C)C(C)(C)C)[C@H](C)S(N)(=O)=O)nc1. The first-order valence-corrected chi connectivity index (χ1v) is 11.8. The Bertz CT molecular complexity index is 609. The first-order valence-electron chi connectivity index (χ1n) is 7.23. The highest BCUT2D eigenvalue weighted by Gasteiger charge is 2.43. The predicted molar refractivity (Wildman–Crippen MR) is 90.4 cm³/mol. The minimum atomic E-state index is -3.76. The van der Waals surface area contributed by atoms with Crippen molar-refractivity contribution >= 4 is 18.3 Å². The maximum atomic E-state index is 11.8. The number of sulfonamides is 1. The van der Waals surface area contributed by atoms with E-state index < -0.39 is 29.7 Å². The highest BCUT2D eigenvalue weighted by atomic mass is 32.2. The molecule has 0 aliphatic carbocycles. The van der Waals surface area contributed by atoms with Crippen LogP contribution in [0.5, 0.6) is 0 Å². The van der Waals surface area contributed by atoms with Gasteiger partial charge in [-0.3, -0.25) is 0 Å². The summed E-state index contributed by atoms with van der Waals surface area (Å²) in [6.45, 7) is 13.8. The van der Waals surface area contributed by atoms with Crippen LogP contribution in [0.2, 0.25) is 18.1 Å². The average molecular weight is 346 g/mol. The molecule has 0 unspecified atom stereocenters. The standard InChI is InChI=1S/C14H27N3O3SSi/c1-10-8-16-13(17-9-10)12(11(2)21(15,18)19)20-22(6,7)14(3,4)5/h8-9,11-12H,1-7H3,(H2,15,18,19)/t11-,12+/m0/s1. The van der Waals surface area contributed by atoms with Crippen molar-refractivity contribution in [1.29, 1.82) is 0 Å². The number of nitrogens with two attached hydrogens (primary N) is 1. The van der Waals surface area contributed by atoms with Crippen molar-refractivity contribution in [1.82, 2.24) is 9.97 Å². The fourth-order valence-electron chi connectivity index (χ4n) is 1.57. The van der Waals surface area contributed by atoms with E-state index in [1.165, 1.54) is 6.92 Å². The van der Waals surface area contributed by atoms with Crippen molar-refractivity contribution in [3.63, 3.8) is 0 Å². The summed E-state index contributed by atoms with van der Waals surface area (Å²) in [4.78, 5) is 8.49. The fourth-order valence-corrected chi connectivity index (χ4v) is 3.49. The Morgan fingerprint density at radius 1 is 1.23 bits per heavy atom. The van der Waals surface area contributed by atoms with Gasteiger partial charge in [-0.05, 0) is 37.5 Å². The van der Waals surface area contributed by atoms with Crippen molar-refractivity contribution in [3.8, 4) is 0 Å². The third kappa shape index (κ3) is 4.58. The van der Waals surface area contributed by atoms with E-state index in [4.69, 9.17) is 9.56 Å². The van der Waals surface area contributed by atoms with Crippen LogP contribution in [-0.2, 0) is 14.4 Å². The van der Waals surface area contributed by atoms with E-state index >= 15 is 0 Å². The molecule has 0 aliphatic rings. The molecule has 22 heavy (non-hydrogen) atoms. The Kier molecular flexibility index (Phi) is 5.54. The van der Waals surface area contributed by atoms with Gasteiger partial charge in [0.25, 0.3) is 0 Å². The molecule has 0 aliphatic heterocycles. The number of primary sulfonamides is 1. The Morgan fingerprint density at radius 3 is 2.05 bits per heavy atom. The zero-order valence-corrected chi connectivity index (χ0v) is 16.2. The van der Waals surface area contributed by atoms with E-state index in [0.29, 0.717) is 5.82 Å². The summed E-state index contributed by atoms with van der Waals surface area (Å²) in [5, 5.41) is 4.35. The van der Waals surface area contributed by atoms with Gasteiger partial charge < -0.3 is 4.43 Å². The molecule has 8 heteroatoms. The van der Waals surface area contributed by atoms with Gasteiger partial charge in [0, 0.05) is 12.4 Å². The molecule has 2 atom stereocenters. The van der Waals surface area contributed by atoms with E-state index in [0.717, 1.165) is 5.56 Å². The van der Waals surface area contributed by atoms with Crippen LogP contribution >= 0.6 is 0 Å². The van der Waals surface area contributed by atoms with Crippen LogP contribution in [0.1, 0.15) is 45.2 Å². The molecule has 1 aromatic heterocycles. The van der Waals surface area contributed by atoms with Crippen LogP contribution in [0.3, 0.4) is 0 Å². The highest BCUT2D eigenvalue weighted by Crippen LogP contribution is 2.40. The van der Waals surface area contributed by atoms with Crippen molar-refractivity contribution < 1.29 is 12.8 Å². The van der Waals surface area contributed by atoms with Crippen molar-refractivity contribution in [2.45, 2.75) is 64.1 Å². The molecular weight excluding hydrogens is 318 g/mol. The van der Waals surface area contributed by atoms with Crippen LogP contribution in [0.15, 0.2) is 12.4 Å². The van der Waals surface area contributed by atoms with Crippen molar-refractivity contribution in [2.24, 2.45) is 5.14 Å². The summed E-state index contributed by atoms with van der Waals surface area (Å²) in [5.74, 6) is 0.358. The van der Waals surface area contributed by atoms with Crippen LogP contribution < -0.4 is 5.14 Å². The minimum absolute atomic E-state index is 0.0615. The minimum Gasteiger partial charge on any atom is -0.405 e. The van der Waals surface area contributed by atoms with Crippen LogP contribution in [0.4, 0.5) is 0 Å². The lowest BCUT2D eigenvalue weighted by atomic mass is 10.2. The lowest BCUT2D eigenvalue weighted by Gasteiger charge is -2.39. The molecule has 0 saturated heterocycles. The average Bonchev–Trinajstić information content (AvgIpc) is 2.34. The molecule has 0 spiro atoms. The van der Waals surface area contributed by atoms with E-state index in [2.05, 4.69) is 43.8 Å². The highest BCUT2D eigenvalue weighted by molar-refractivity contribution is 7.89. The Hall–Kier alpha value is -0.833. The second-order valence-corrected chi connectivity index (χ2v) is 13.9. The second kappa shape index (κ2) is 6.35. The van der Waals surface area contributed by atoms with Gasteiger partial charge in [-0.1, -0.05) is 20.8 Å². The summed E-state index contributed by atoms with van der Waals surface area (Å²) in [5.41, 5.74) is 0.901. The van der Waals surface area contributed by atoms with Crippen molar-refractivity contribution in [2.75, 3.05) is 0 Å². The first kappa shape index (κ1) is 19.2. The molecule has 0 radical (unpaired) electrons. The maximum Gasteiger partial charge on any atom is 0.214 e. The Balaban J connectivity index is 3.27. The molecule has 2 N–H and O–H groups in total. The molecule has 0 aromatic carbocycles. The maximum absolute atomic E-state index is 11.8. The molecule has 0 saturated carbocycles. The Labute approximate surface area is 134 Å². The number of aromatic nitrogens is 2. The second-order valence-electron chi connectivity index (χ2n) is 7.21. The number of aryl methyl sites for hydroxylation is 1. The largest absolute Gasteiger partial charge is 0.405 e. The van der Waals surface area contributed by atoms with Gasteiger partial charge in [0.2, 0.25) is 10.0 Å². The number of hydrogen-bond acceptors (Lipinski definition) is 5. The van der Waals surface area contributed by atoms with Gasteiger partial charge >= 0.3 is 0 Å². The molecule has 1 rings (SSSR count). The first-order chi connectivity index (χ1) is 9.75. The number of hydrogen-bond donors (Lipinski definition) is 1. The fraction of sp³-hybridized carbons (Fsp3) is 0.714. The van der Waals surface area contributed by atoms with Crippen LogP contribution in [0.25, 0.3) is 0 Å². The van der Waals surface area contributed by atoms with Crippen LogP contribution in [-0.4, -0.2) is 32.0 Å². The predicted octanol–water partition coefficient (Wildman–Crippen LogP) is 2.52. The topological polar surface area (TPSA) is 95.2 Å².